The largest absolute Gasteiger partial charge is 0.358 e. The molecule has 1 aromatic heterocycles. The van der Waals surface area contributed by atoms with Crippen LogP contribution in [0.2, 0.25) is 0 Å². The molecule has 3 N–H and O–H groups in total. The standard InChI is InChI=1S/C20H23FN4.HI/c1-14-17(18-8-3-4-9-19(18)25-14)10-11-23-20(22-2)24-13-15-6-5-7-16(21)12-15;/h3-9,12,25H,10-11,13H2,1-2H3,(H2,22,23,24);1H. The molecular weight excluding hydrogens is 442 g/mol. The van der Waals surface area contributed by atoms with Crippen molar-refractivity contribution in [3.63, 3.8) is 0 Å². The van der Waals surface area contributed by atoms with Gasteiger partial charge in [0.25, 0.3) is 0 Å². The third kappa shape index (κ3) is 4.97. The summed E-state index contributed by atoms with van der Waals surface area (Å²) in [5.74, 6) is 0.485. The molecule has 0 spiro atoms. The number of hydrogen-bond donors (Lipinski definition) is 3. The van der Waals surface area contributed by atoms with Crippen molar-refractivity contribution in [3.05, 3.63) is 71.2 Å². The summed E-state index contributed by atoms with van der Waals surface area (Å²) >= 11 is 0. The quantitative estimate of drug-likeness (QED) is 0.301. The summed E-state index contributed by atoms with van der Waals surface area (Å²) < 4.78 is 13.2. The minimum Gasteiger partial charge on any atom is -0.358 e. The van der Waals surface area contributed by atoms with Gasteiger partial charge in [-0.1, -0.05) is 30.3 Å². The zero-order chi connectivity index (χ0) is 17.6. The number of aromatic nitrogens is 1. The zero-order valence-electron chi connectivity index (χ0n) is 15.0. The van der Waals surface area contributed by atoms with Crippen LogP contribution in [0.4, 0.5) is 4.39 Å². The highest BCUT2D eigenvalue weighted by Gasteiger charge is 2.07. The maximum atomic E-state index is 13.2. The van der Waals surface area contributed by atoms with E-state index in [1.54, 1.807) is 13.1 Å². The summed E-state index contributed by atoms with van der Waals surface area (Å²) in [7, 11) is 1.73. The van der Waals surface area contributed by atoms with Gasteiger partial charge in [-0.2, -0.15) is 0 Å². The fourth-order valence-electron chi connectivity index (χ4n) is 3.02. The van der Waals surface area contributed by atoms with Crippen LogP contribution in [0, 0.1) is 12.7 Å². The number of para-hydroxylation sites is 1. The van der Waals surface area contributed by atoms with Crippen LogP contribution >= 0.6 is 24.0 Å². The van der Waals surface area contributed by atoms with Gasteiger partial charge in [-0.25, -0.2) is 4.39 Å². The van der Waals surface area contributed by atoms with Gasteiger partial charge in [-0.05, 0) is 42.7 Å². The third-order valence-electron chi connectivity index (χ3n) is 4.27. The van der Waals surface area contributed by atoms with Crippen molar-refractivity contribution in [2.24, 2.45) is 4.99 Å². The van der Waals surface area contributed by atoms with Crippen LogP contribution in [-0.2, 0) is 13.0 Å². The van der Waals surface area contributed by atoms with Crippen molar-refractivity contribution in [3.8, 4) is 0 Å². The Hall–Kier alpha value is -2.09. The number of aryl methyl sites for hydroxylation is 1. The first kappa shape index (κ1) is 20.2. The van der Waals surface area contributed by atoms with Crippen LogP contribution in [0.3, 0.4) is 0 Å². The molecule has 0 fully saturated rings. The molecule has 0 aliphatic heterocycles. The lowest BCUT2D eigenvalue weighted by Gasteiger charge is -2.12. The molecule has 0 radical (unpaired) electrons. The van der Waals surface area contributed by atoms with E-state index in [1.165, 1.54) is 34.3 Å². The molecule has 0 amide bonds. The predicted molar refractivity (Wildman–Crippen MR) is 117 cm³/mol. The van der Waals surface area contributed by atoms with Gasteiger partial charge in [0.15, 0.2) is 5.96 Å². The van der Waals surface area contributed by atoms with Crippen molar-refractivity contribution in [1.82, 2.24) is 15.6 Å². The SMILES string of the molecule is CN=C(NCCc1c(C)[nH]c2ccccc12)NCc1cccc(F)c1.I. The molecule has 0 unspecified atom stereocenters. The number of guanidine groups is 1. The van der Waals surface area contributed by atoms with E-state index in [1.807, 2.05) is 12.1 Å². The lowest BCUT2D eigenvalue weighted by atomic mass is 10.1. The highest BCUT2D eigenvalue weighted by atomic mass is 127. The van der Waals surface area contributed by atoms with Crippen LogP contribution in [-0.4, -0.2) is 24.5 Å². The van der Waals surface area contributed by atoms with Crippen molar-refractivity contribution in [2.75, 3.05) is 13.6 Å². The van der Waals surface area contributed by atoms with Crippen LogP contribution in [0.25, 0.3) is 10.9 Å². The molecule has 4 nitrogen and oxygen atoms in total. The Labute approximate surface area is 170 Å². The number of H-pyrrole nitrogens is 1. The Kier molecular flexibility index (Phi) is 7.44. The molecule has 0 saturated carbocycles. The molecule has 138 valence electrons. The number of hydrogen-bond acceptors (Lipinski definition) is 1. The lowest BCUT2D eigenvalue weighted by Crippen LogP contribution is -2.37. The van der Waals surface area contributed by atoms with Crippen molar-refractivity contribution < 1.29 is 4.39 Å². The van der Waals surface area contributed by atoms with Gasteiger partial charge in [0.1, 0.15) is 5.82 Å². The third-order valence-corrected chi connectivity index (χ3v) is 4.27. The van der Waals surface area contributed by atoms with Gasteiger partial charge in [0.2, 0.25) is 0 Å². The highest BCUT2D eigenvalue weighted by Crippen LogP contribution is 2.21. The molecule has 0 atom stereocenters. The number of halogens is 2. The summed E-state index contributed by atoms with van der Waals surface area (Å²) in [6.07, 6.45) is 0.899. The van der Waals surface area contributed by atoms with E-state index in [0.717, 1.165) is 18.5 Å². The Morgan fingerprint density at radius 2 is 1.92 bits per heavy atom. The normalized spacial score (nSPS) is 11.3. The van der Waals surface area contributed by atoms with Crippen LogP contribution < -0.4 is 10.6 Å². The Bertz CT molecular complexity index is 888. The van der Waals surface area contributed by atoms with E-state index in [9.17, 15) is 4.39 Å². The van der Waals surface area contributed by atoms with Crippen molar-refractivity contribution >= 4 is 40.8 Å². The van der Waals surface area contributed by atoms with E-state index in [2.05, 4.69) is 45.7 Å². The van der Waals surface area contributed by atoms with Gasteiger partial charge in [0.05, 0.1) is 0 Å². The van der Waals surface area contributed by atoms with Crippen molar-refractivity contribution in [2.45, 2.75) is 19.9 Å². The topological polar surface area (TPSA) is 52.2 Å². The highest BCUT2D eigenvalue weighted by molar-refractivity contribution is 14.0. The molecule has 0 bridgehead atoms. The summed E-state index contributed by atoms with van der Waals surface area (Å²) in [5.41, 5.74) is 4.58. The molecule has 1 heterocycles. The maximum absolute atomic E-state index is 13.2. The molecule has 26 heavy (non-hydrogen) atoms. The number of aliphatic imine (C=N–C) groups is 1. The average Bonchev–Trinajstić information content (AvgIpc) is 2.93. The van der Waals surface area contributed by atoms with E-state index in [0.29, 0.717) is 12.5 Å². The zero-order valence-corrected chi connectivity index (χ0v) is 17.3. The van der Waals surface area contributed by atoms with E-state index < -0.39 is 0 Å². The lowest BCUT2D eigenvalue weighted by molar-refractivity contribution is 0.624. The number of aromatic amines is 1. The number of nitrogens with one attached hydrogen (secondary N) is 3. The number of rotatable bonds is 5. The molecule has 2 aromatic carbocycles. The van der Waals surface area contributed by atoms with Gasteiger partial charge < -0.3 is 15.6 Å². The summed E-state index contributed by atoms with van der Waals surface area (Å²) in [4.78, 5) is 7.64. The molecule has 3 rings (SSSR count). The van der Waals surface area contributed by atoms with E-state index in [-0.39, 0.29) is 29.8 Å². The fourth-order valence-corrected chi connectivity index (χ4v) is 3.02. The molecule has 3 aromatic rings. The molecule has 0 aliphatic carbocycles. The summed E-state index contributed by atoms with van der Waals surface area (Å²) in [6.45, 7) is 3.40. The van der Waals surface area contributed by atoms with Gasteiger partial charge in [-0.3, -0.25) is 4.99 Å². The van der Waals surface area contributed by atoms with Crippen LogP contribution in [0.15, 0.2) is 53.5 Å². The first-order chi connectivity index (χ1) is 12.2. The Morgan fingerprint density at radius 3 is 2.69 bits per heavy atom. The van der Waals surface area contributed by atoms with Crippen LogP contribution in [0.1, 0.15) is 16.8 Å². The molecule has 0 aliphatic rings. The second-order valence-corrected chi connectivity index (χ2v) is 6.01. The predicted octanol–water partition coefficient (Wildman–Crippen LogP) is 4.14. The number of fused-ring (bicyclic) bond motifs is 1. The fraction of sp³-hybridized carbons (Fsp3) is 0.250. The van der Waals surface area contributed by atoms with E-state index >= 15 is 0 Å². The monoisotopic (exact) mass is 466 g/mol. The first-order valence-electron chi connectivity index (χ1n) is 8.42. The maximum Gasteiger partial charge on any atom is 0.191 e. The molecule has 6 heteroatoms. The van der Waals surface area contributed by atoms with E-state index in [4.69, 9.17) is 0 Å². The van der Waals surface area contributed by atoms with Crippen molar-refractivity contribution in [1.29, 1.82) is 0 Å². The minimum atomic E-state index is -0.225. The van der Waals surface area contributed by atoms with Gasteiger partial charge in [0, 0.05) is 36.7 Å². The first-order valence-corrected chi connectivity index (χ1v) is 8.42. The number of benzene rings is 2. The molecular formula is C20H24FIN4. The Balaban J connectivity index is 0.00000243. The second-order valence-electron chi connectivity index (χ2n) is 6.01. The smallest absolute Gasteiger partial charge is 0.191 e. The molecule has 0 saturated heterocycles. The Morgan fingerprint density at radius 1 is 1.12 bits per heavy atom. The summed E-state index contributed by atoms with van der Waals surface area (Å²) in [6, 6.07) is 14.9. The minimum absolute atomic E-state index is 0. The summed E-state index contributed by atoms with van der Waals surface area (Å²) in [5, 5.41) is 7.79. The van der Waals surface area contributed by atoms with Gasteiger partial charge in [-0.15, -0.1) is 24.0 Å². The second kappa shape index (κ2) is 9.56. The van der Waals surface area contributed by atoms with Gasteiger partial charge >= 0.3 is 0 Å². The van der Waals surface area contributed by atoms with Crippen LogP contribution in [0.5, 0.6) is 0 Å². The number of nitrogens with zero attached hydrogens (tertiary/aromatic N) is 1. The average molecular weight is 466 g/mol.